The summed E-state index contributed by atoms with van der Waals surface area (Å²) in [5.74, 6) is 0.0726. The molecule has 2 N–H and O–H groups in total. The summed E-state index contributed by atoms with van der Waals surface area (Å²) in [6.45, 7) is -0.565. The van der Waals surface area contributed by atoms with E-state index in [1.807, 2.05) is 12.1 Å². The average Bonchev–Trinajstić information content (AvgIpc) is 3.76. The predicted octanol–water partition coefficient (Wildman–Crippen LogP) is 3.07. The van der Waals surface area contributed by atoms with Gasteiger partial charge in [-0.2, -0.15) is 5.26 Å². The molecule has 1 saturated carbocycles. The summed E-state index contributed by atoms with van der Waals surface area (Å²) in [4.78, 5) is 34.0. The van der Waals surface area contributed by atoms with E-state index in [2.05, 4.69) is 21.4 Å². The molecule has 1 saturated heterocycles. The first-order chi connectivity index (χ1) is 18.5. The lowest BCUT2D eigenvalue weighted by Crippen LogP contribution is -2.50. The number of rotatable bonds is 7. The van der Waals surface area contributed by atoms with Crippen LogP contribution in [0.4, 0.5) is 10.2 Å². The number of pyridine rings is 2. The van der Waals surface area contributed by atoms with Crippen molar-refractivity contribution in [3.63, 3.8) is 0 Å². The van der Waals surface area contributed by atoms with Gasteiger partial charge < -0.3 is 20.1 Å². The summed E-state index contributed by atoms with van der Waals surface area (Å²) in [7, 11) is 0. The number of halogens is 1. The molecule has 38 heavy (non-hydrogen) atoms. The van der Waals surface area contributed by atoms with Gasteiger partial charge in [-0.3, -0.25) is 14.6 Å². The molecule has 2 amide bonds. The Morgan fingerprint density at radius 3 is 2.79 bits per heavy atom. The summed E-state index contributed by atoms with van der Waals surface area (Å²) in [5.41, 5.74) is 2.75. The van der Waals surface area contributed by atoms with Gasteiger partial charge in [-0.25, -0.2) is 9.37 Å². The highest BCUT2D eigenvalue weighted by Gasteiger charge is 2.44. The zero-order valence-corrected chi connectivity index (χ0v) is 20.5. The normalized spacial score (nSPS) is 22.3. The molecule has 3 aromatic rings. The van der Waals surface area contributed by atoms with Crippen molar-refractivity contribution in [3.05, 3.63) is 72.2 Å². The molecule has 2 unspecified atom stereocenters. The number of carbonyl (C=O) groups excluding carboxylic acids is 2. The lowest BCUT2D eigenvalue weighted by molar-refractivity contribution is -0.138. The fourth-order valence-electron chi connectivity index (χ4n) is 4.75. The van der Waals surface area contributed by atoms with Crippen molar-refractivity contribution in [1.29, 1.82) is 5.26 Å². The number of likely N-dealkylation sites (tertiary alicyclic amines) is 1. The van der Waals surface area contributed by atoms with Crippen LogP contribution in [0.5, 0.6) is 5.75 Å². The number of amides is 2. The zero-order valence-electron chi connectivity index (χ0n) is 20.5. The van der Waals surface area contributed by atoms with Crippen LogP contribution in [0.2, 0.25) is 0 Å². The highest BCUT2D eigenvalue weighted by Crippen LogP contribution is 2.47. The molecule has 1 aliphatic carbocycles. The maximum Gasteiger partial charge on any atom is 0.248 e. The molecule has 9 nitrogen and oxygen atoms in total. The van der Waals surface area contributed by atoms with Crippen LogP contribution in [0, 0.1) is 17.2 Å². The molecule has 2 aromatic heterocycles. The van der Waals surface area contributed by atoms with Crippen molar-refractivity contribution in [3.8, 4) is 22.9 Å². The largest absolute Gasteiger partial charge is 0.486 e. The number of benzene rings is 1. The van der Waals surface area contributed by atoms with E-state index in [4.69, 9.17) is 9.84 Å². The molecular formula is C28H26FN5O4. The van der Waals surface area contributed by atoms with E-state index in [0.29, 0.717) is 11.4 Å². The number of hydrogen-bond acceptors (Lipinski definition) is 7. The number of nitrogens with zero attached hydrogens (tertiary/aromatic N) is 4. The second kappa shape index (κ2) is 10.9. The Bertz CT molecular complexity index is 1380. The number of nitriles is 1. The Morgan fingerprint density at radius 2 is 2.05 bits per heavy atom. The summed E-state index contributed by atoms with van der Waals surface area (Å²) in [6.07, 6.45) is 3.83. The molecule has 2 fully saturated rings. The van der Waals surface area contributed by atoms with Crippen LogP contribution < -0.4 is 10.1 Å². The van der Waals surface area contributed by atoms with Gasteiger partial charge in [0.25, 0.3) is 0 Å². The van der Waals surface area contributed by atoms with E-state index in [1.54, 1.807) is 48.9 Å². The summed E-state index contributed by atoms with van der Waals surface area (Å²) < 4.78 is 20.5. The van der Waals surface area contributed by atoms with Crippen molar-refractivity contribution < 1.29 is 23.8 Å². The van der Waals surface area contributed by atoms with Crippen LogP contribution >= 0.6 is 0 Å². The summed E-state index contributed by atoms with van der Waals surface area (Å²) in [5, 5.41) is 21.6. The standard InChI is InChI=1S/C28H26FN5O4/c29-23-15-34(27(36)16-35)9-6-25(23)38-24-4-3-17(10-20(24)13-30)18-5-8-32-26(11-18)33-28(37)22-12-21(22)19-2-1-7-31-14-19/h1-5,7-8,10-11,14,21-23,25,35H,6,9,12,15-16H2,(H,32,33,37)/t21?,22?,23-,25+/m1/s1. The summed E-state index contributed by atoms with van der Waals surface area (Å²) >= 11 is 0. The average molecular weight is 516 g/mol. The van der Waals surface area contributed by atoms with E-state index < -0.39 is 24.8 Å². The number of aliphatic hydroxyl groups excluding tert-OH is 1. The van der Waals surface area contributed by atoms with Gasteiger partial charge in [-0.1, -0.05) is 12.1 Å². The van der Waals surface area contributed by atoms with E-state index in [1.165, 1.54) is 4.90 Å². The minimum Gasteiger partial charge on any atom is -0.486 e. The van der Waals surface area contributed by atoms with E-state index in [-0.39, 0.29) is 48.6 Å². The third-order valence-electron chi connectivity index (χ3n) is 6.93. The molecule has 0 spiro atoms. The van der Waals surface area contributed by atoms with Gasteiger partial charge in [0.2, 0.25) is 11.8 Å². The molecule has 3 heterocycles. The molecule has 10 heteroatoms. The molecule has 194 valence electrons. The van der Waals surface area contributed by atoms with Crippen molar-refractivity contribution in [2.45, 2.75) is 31.0 Å². The molecule has 2 aliphatic rings. The summed E-state index contributed by atoms with van der Waals surface area (Å²) in [6, 6.07) is 14.5. The van der Waals surface area contributed by atoms with Gasteiger partial charge >= 0.3 is 0 Å². The SMILES string of the molecule is N#Cc1cc(-c2ccnc(NC(=O)C3CC3c3cccnc3)c2)ccc1O[C@H]1CCN(C(=O)CO)C[C@H]1F. The van der Waals surface area contributed by atoms with Crippen LogP contribution in [-0.4, -0.2) is 63.8 Å². The lowest BCUT2D eigenvalue weighted by atomic mass is 10.0. The van der Waals surface area contributed by atoms with Crippen LogP contribution in [0.1, 0.15) is 29.9 Å². The minimum atomic E-state index is -1.44. The van der Waals surface area contributed by atoms with Crippen molar-refractivity contribution in [1.82, 2.24) is 14.9 Å². The fourth-order valence-corrected chi connectivity index (χ4v) is 4.75. The number of carbonyl (C=O) groups is 2. The van der Waals surface area contributed by atoms with E-state index >= 15 is 0 Å². The highest BCUT2D eigenvalue weighted by atomic mass is 19.1. The lowest BCUT2D eigenvalue weighted by Gasteiger charge is -2.34. The molecular weight excluding hydrogens is 489 g/mol. The molecule has 4 atom stereocenters. The van der Waals surface area contributed by atoms with Crippen LogP contribution in [0.15, 0.2) is 61.1 Å². The third-order valence-corrected chi connectivity index (χ3v) is 6.93. The van der Waals surface area contributed by atoms with Crippen molar-refractivity contribution in [2.75, 3.05) is 25.0 Å². The van der Waals surface area contributed by atoms with E-state index in [0.717, 1.165) is 17.5 Å². The quantitative estimate of drug-likeness (QED) is 0.495. The number of aliphatic hydroxyl groups is 1. The Balaban J connectivity index is 1.25. The minimum absolute atomic E-state index is 0.0996. The molecule has 5 rings (SSSR count). The van der Waals surface area contributed by atoms with Gasteiger partial charge in [0.1, 0.15) is 30.3 Å². The number of anilines is 1. The third kappa shape index (κ3) is 5.48. The fraction of sp³-hybridized carbons (Fsp3) is 0.321. The first kappa shape index (κ1) is 25.3. The smallest absolute Gasteiger partial charge is 0.248 e. The number of alkyl halides is 1. The van der Waals surface area contributed by atoms with Crippen LogP contribution in [-0.2, 0) is 9.59 Å². The maximum absolute atomic E-state index is 14.7. The van der Waals surface area contributed by atoms with Gasteiger partial charge in [0.05, 0.1) is 12.1 Å². The Hall–Kier alpha value is -4.36. The highest BCUT2D eigenvalue weighted by molar-refractivity contribution is 5.95. The van der Waals surface area contributed by atoms with Gasteiger partial charge in [-0.15, -0.1) is 0 Å². The van der Waals surface area contributed by atoms with Crippen molar-refractivity contribution >= 4 is 17.6 Å². The number of hydrogen-bond donors (Lipinski definition) is 2. The predicted molar refractivity (Wildman–Crippen MR) is 136 cm³/mol. The maximum atomic E-state index is 14.7. The number of nitrogens with one attached hydrogen (secondary N) is 1. The van der Waals surface area contributed by atoms with Crippen LogP contribution in [0.25, 0.3) is 11.1 Å². The van der Waals surface area contributed by atoms with Gasteiger partial charge in [0.15, 0.2) is 6.17 Å². The second-order valence-corrected chi connectivity index (χ2v) is 9.44. The van der Waals surface area contributed by atoms with Gasteiger partial charge in [-0.05, 0) is 59.4 Å². The number of aromatic nitrogens is 2. The Morgan fingerprint density at radius 1 is 1.21 bits per heavy atom. The molecule has 1 aromatic carbocycles. The Kier molecular flexibility index (Phi) is 7.29. The van der Waals surface area contributed by atoms with Crippen LogP contribution in [0.3, 0.4) is 0 Å². The number of piperidine rings is 1. The van der Waals surface area contributed by atoms with Gasteiger partial charge in [0, 0.05) is 37.5 Å². The zero-order chi connectivity index (χ0) is 26.6. The topological polar surface area (TPSA) is 128 Å². The monoisotopic (exact) mass is 515 g/mol. The molecule has 1 aliphatic heterocycles. The first-order valence-electron chi connectivity index (χ1n) is 12.4. The molecule has 0 radical (unpaired) electrons. The first-order valence-corrected chi connectivity index (χ1v) is 12.4. The van der Waals surface area contributed by atoms with E-state index in [9.17, 15) is 19.2 Å². The Labute approximate surface area is 218 Å². The van der Waals surface area contributed by atoms with Crippen molar-refractivity contribution in [2.24, 2.45) is 5.92 Å². The second-order valence-electron chi connectivity index (χ2n) is 9.44. The number of ether oxygens (including phenoxy) is 1. The molecule has 0 bridgehead atoms.